The molecule has 22 nitrogen and oxygen atoms in total. The minimum absolute atomic E-state index is 0.0477. The van der Waals surface area contributed by atoms with Gasteiger partial charge >= 0.3 is 18.2 Å². The molecular weight excluding hydrogens is 973 g/mol. The summed E-state index contributed by atoms with van der Waals surface area (Å²) >= 11 is 0. The van der Waals surface area contributed by atoms with Crippen LogP contribution < -0.4 is 37.6 Å². The summed E-state index contributed by atoms with van der Waals surface area (Å²) in [4.78, 5) is 140. The van der Waals surface area contributed by atoms with Crippen molar-refractivity contribution in [2.75, 3.05) is 26.7 Å². The molecular formula is C53H90N8O14. The number of alkyl carbamates (subject to hydrolysis) is 2. The fourth-order valence-electron chi connectivity index (χ4n) is 8.04. The molecule has 1 aliphatic carbocycles. The van der Waals surface area contributed by atoms with Crippen LogP contribution in [0.2, 0.25) is 0 Å². The summed E-state index contributed by atoms with van der Waals surface area (Å²) in [5, 5.41) is 26.6. The van der Waals surface area contributed by atoms with E-state index in [1.165, 1.54) is 14.0 Å². The molecule has 0 saturated heterocycles. The minimum Gasteiger partial charge on any atom is -0.511 e. The number of nitrogens with one attached hydrogen (secondary N) is 6. The van der Waals surface area contributed by atoms with Gasteiger partial charge in [-0.15, -0.1) is 0 Å². The summed E-state index contributed by atoms with van der Waals surface area (Å²) in [6.07, 6.45) is -2.05. The molecule has 7 atom stereocenters. The number of amides is 6. The highest BCUT2D eigenvalue weighted by Gasteiger charge is 2.37. The molecule has 0 heterocycles. The van der Waals surface area contributed by atoms with Crippen LogP contribution in [0.1, 0.15) is 162 Å². The average molecular weight is 1060 g/mol. The van der Waals surface area contributed by atoms with Gasteiger partial charge in [0.05, 0.1) is 18.7 Å². The lowest BCUT2D eigenvalue weighted by molar-refractivity contribution is -0.145. The first kappa shape index (κ1) is 67.1. The maximum absolute atomic E-state index is 14.7. The molecule has 22 heteroatoms. The number of aliphatic imine (C=N–C) groups is 1. The van der Waals surface area contributed by atoms with E-state index in [0.717, 1.165) is 0 Å². The highest BCUT2D eigenvalue weighted by Crippen LogP contribution is 2.36. The van der Waals surface area contributed by atoms with Crippen LogP contribution in [0, 0.1) is 29.1 Å². The smallest absolute Gasteiger partial charge is 0.407 e. The summed E-state index contributed by atoms with van der Waals surface area (Å²) in [5.74, 6) is -8.20. The van der Waals surface area contributed by atoms with Crippen molar-refractivity contribution in [1.29, 1.82) is 0 Å². The monoisotopic (exact) mass is 1060 g/mol. The quantitative estimate of drug-likeness (QED) is 0.0289. The molecule has 0 saturated carbocycles. The van der Waals surface area contributed by atoms with Crippen molar-refractivity contribution in [3.05, 3.63) is 11.3 Å². The largest absolute Gasteiger partial charge is 0.511 e. The van der Waals surface area contributed by atoms with Crippen molar-refractivity contribution in [2.24, 2.45) is 39.8 Å². The number of esters is 1. The van der Waals surface area contributed by atoms with Crippen LogP contribution >= 0.6 is 0 Å². The van der Waals surface area contributed by atoms with E-state index in [4.69, 9.17) is 19.9 Å². The number of aliphatic hydroxyl groups excluding tert-OH is 1. The zero-order chi connectivity index (χ0) is 57.8. The number of carbonyl (C=O) groups excluding carboxylic acids is 10. The molecule has 426 valence electrons. The maximum atomic E-state index is 14.7. The van der Waals surface area contributed by atoms with Crippen LogP contribution in [-0.2, 0) is 52.6 Å². The Balaban J connectivity index is 3.93. The number of hydrogen-bond donors (Lipinski definition) is 8. The number of methoxy groups -OCH3 is 1. The average Bonchev–Trinajstić information content (AvgIpc) is 3.27. The second-order valence-electron chi connectivity index (χ2n) is 22.8. The fraction of sp³-hybridized carbons (Fsp3) is 0.755. The zero-order valence-electron chi connectivity index (χ0n) is 47.5. The number of hydrogen-bond acceptors (Lipinski definition) is 16. The number of rotatable bonds is 29. The predicted molar refractivity (Wildman–Crippen MR) is 282 cm³/mol. The molecule has 75 heavy (non-hydrogen) atoms. The number of allylic oxidation sites excluding steroid dienone is 2. The van der Waals surface area contributed by atoms with E-state index in [-0.39, 0.29) is 92.6 Å². The van der Waals surface area contributed by atoms with Crippen LogP contribution in [0.4, 0.5) is 9.59 Å². The Kier molecular flexibility index (Phi) is 27.4. The molecule has 6 amide bonds. The van der Waals surface area contributed by atoms with Crippen molar-refractivity contribution < 1.29 is 67.3 Å². The van der Waals surface area contributed by atoms with Crippen LogP contribution in [0.3, 0.4) is 0 Å². The van der Waals surface area contributed by atoms with Gasteiger partial charge in [0.2, 0.25) is 23.6 Å². The lowest BCUT2D eigenvalue weighted by Gasteiger charge is -2.29. The molecule has 0 spiro atoms. The van der Waals surface area contributed by atoms with Gasteiger partial charge in [0.25, 0.3) is 0 Å². The Morgan fingerprint density at radius 1 is 0.707 bits per heavy atom. The molecule has 0 aliphatic heterocycles. The number of nitrogens with zero attached hydrogens (tertiary/aromatic N) is 1. The number of ether oxygens (including phenoxy) is 3. The molecule has 0 aromatic rings. The first-order chi connectivity index (χ1) is 34.5. The molecule has 0 bridgehead atoms. The van der Waals surface area contributed by atoms with Crippen LogP contribution in [0.5, 0.6) is 0 Å². The molecule has 0 unspecified atom stereocenters. The number of Topliss-reactive ketones (excluding diaryl/α,β-unsaturated/α-hetero) is 3. The molecule has 0 fully saturated rings. The number of ketones is 3. The van der Waals surface area contributed by atoms with E-state index in [2.05, 4.69) is 36.9 Å². The van der Waals surface area contributed by atoms with Crippen molar-refractivity contribution in [3.63, 3.8) is 0 Å². The van der Waals surface area contributed by atoms with Crippen molar-refractivity contribution in [1.82, 2.24) is 31.9 Å². The lowest BCUT2D eigenvalue weighted by atomic mass is 9.76. The van der Waals surface area contributed by atoms with Gasteiger partial charge in [-0.25, -0.2) is 14.4 Å². The summed E-state index contributed by atoms with van der Waals surface area (Å²) < 4.78 is 15.6. The third-order valence-corrected chi connectivity index (χ3v) is 12.1. The fourth-order valence-corrected chi connectivity index (χ4v) is 8.04. The van der Waals surface area contributed by atoms with Gasteiger partial charge < -0.3 is 57.0 Å². The third kappa shape index (κ3) is 25.0. The summed E-state index contributed by atoms with van der Waals surface area (Å²) in [5.41, 5.74) is 3.94. The van der Waals surface area contributed by atoms with Gasteiger partial charge in [0, 0.05) is 62.9 Å². The Hall–Kier alpha value is -5.93. The molecule has 9 N–H and O–H groups in total. The molecule has 0 aromatic carbocycles. The summed E-state index contributed by atoms with van der Waals surface area (Å²) in [6.45, 7) is 24.7. The van der Waals surface area contributed by atoms with Gasteiger partial charge in [-0.1, -0.05) is 55.4 Å². The normalized spacial score (nSPS) is 16.8. The van der Waals surface area contributed by atoms with Crippen molar-refractivity contribution in [2.45, 2.75) is 203 Å². The van der Waals surface area contributed by atoms with E-state index < -0.39 is 125 Å². The van der Waals surface area contributed by atoms with Crippen molar-refractivity contribution in [3.8, 4) is 0 Å². The van der Waals surface area contributed by atoms with Gasteiger partial charge in [0.15, 0.2) is 11.6 Å². The van der Waals surface area contributed by atoms with E-state index in [0.29, 0.717) is 6.42 Å². The maximum Gasteiger partial charge on any atom is 0.407 e. The Bertz CT molecular complexity index is 2090. The van der Waals surface area contributed by atoms with Crippen LogP contribution in [-0.4, -0.2) is 138 Å². The number of carbonyl (C=O) groups is 10. The molecule has 1 aliphatic rings. The summed E-state index contributed by atoms with van der Waals surface area (Å²) in [6, 6.07) is -6.03. The molecule has 0 radical (unpaired) electrons. The Morgan fingerprint density at radius 3 is 1.75 bits per heavy atom. The van der Waals surface area contributed by atoms with E-state index >= 15 is 0 Å². The predicted octanol–water partition coefficient (Wildman–Crippen LogP) is 4.59. The van der Waals surface area contributed by atoms with Gasteiger partial charge in [-0.2, -0.15) is 0 Å². The van der Waals surface area contributed by atoms with Gasteiger partial charge in [-0.05, 0) is 97.8 Å². The minimum atomic E-state index is -1.49. The standard InChI is InChI=1S/C53H90N8O14/c1-17-34(54)39(62)25-33(30(5)6)45(67)61-38(28-57-50(72)75-52(11,12)13)40(63)24-32(19-21-55-31(7)43-41(64)26-53(14,15)27-42(43)65)44(66)59-36(20-22-56-49(71)74-51(8,9)10)46(68)60-37(23-29(3)4)47(69)58-35(18-2)48(70)73-16/h29-30,32-38,64H,17-28,54H2,1-16H3,(H,56,71)(H,57,72)(H,58,69)(H,59,66)(H,60,68)(H,61,67)/t32-,33+,34+,35+,36-,37-,38+/m1/s1. The number of aliphatic hydroxyl groups is 1. The van der Waals surface area contributed by atoms with E-state index in [9.17, 15) is 53.1 Å². The number of nitrogens with two attached hydrogens (primary N) is 1. The highest BCUT2D eigenvalue weighted by atomic mass is 16.6. The Labute approximate surface area is 443 Å². The SMILES string of the molecule is CC[C@H](NC(=O)[C@@H](CC(C)C)NC(=O)[C@@H](CCNC(=O)OC(C)(C)C)NC(=O)[C@H](CCN=C(C)C1=C(O)CC(C)(C)CC1=O)CC(=O)[C@H](CNC(=O)OC(C)(C)C)NC(=O)[C@@H](CC(=O)[C@@H](N)CC)C(C)C)C(=O)OC. The van der Waals surface area contributed by atoms with E-state index in [1.807, 2.05) is 27.7 Å². The molecule has 1 rings (SSSR count). The highest BCUT2D eigenvalue weighted by molar-refractivity contribution is 6.22. The van der Waals surface area contributed by atoms with Gasteiger partial charge in [-0.3, -0.25) is 38.6 Å². The zero-order valence-corrected chi connectivity index (χ0v) is 47.5. The second-order valence-corrected chi connectivity index (χ2v) is 22.8. The first-order valence-electron chi connectivity index (χ1n) is 26.1. The van der Waals surface area contributed by atoms with Crippen LogP contribution in [0.25, 0.3) is 0 Å². The second kappa shape index (κ2) is 30.6. The first-order valence-corrected chi connectivity index (χ1v) is 26.1. The molecule has 0 aromatic heterocycles. The lowest BCUT2D eigenvalue weighted by Crippen LogP contribution is -2.57. The van der Waals surface area contributed by atoms with Crippen LogP contribution in [0.15, 0.2) is 16.3 Å². The van der Waals surface area contributed by atoms with Gasteiger partial charge in [0.1, 0.15) is 46.9 Å². The van der Waals surface area contributed by atoms with Crippen molar-refractivity contribution >= 4 is 64.8 Å². The Morgan fingerprint density at radius 2 is 1.24 bits per heavy atom. The summed E-state index contributed by atoms with van der Waals surface area (Å²) in [7, 11) is 1.17. The third-order valence-electron chi connectivity index (χ3n) is 12.1. The van der Waals surface area contributed by atoms with E-state index in [1.54, 1.807) is 69.2 Å². The topological polar surface area (TPSA) is 329 Å².